The Bertz CT molecular complexity index is 1180. The molecule has 0 aliphatic heterocycles. The maximum Gasteiger partial charge on any atom is 0.291 e. The Kier molecular flexibility index (Phi) is 4.10. The van der Waals surface area contributed by atoms with Crippen molar-refractivity contribution >= 4 is 38.3 Å². The molecule has 124 valence electrons. The van der Waals surface area contributed by atoms with Crippen molar-refractivity contribution in [2.45, 2.75) is 0 Å². The van der Waals surface area contributed by atoms with Gasteiger partial charge in [-0.2, -0.15) is 9.50 Å². The van der Waals surface area contributed by atoms with Crippen LogP contribution < -0.4 is 14.8 Å². The van der Waals surface area contributed by atoms with E-state index in [1.54, 1.807) is 7.11 Å². The van der Waals surface area contributed by atoms with Gasteiger partial charge in [0.1, 0.15) is 5.75 Å². The van der Waals surface area contributed by atoms with E-state index in [1.165, 1.54) is 15.9 Å². The molecule has 0 unspecified atom stereocenters. The molecule has 0 aliphatic carbocycles. The van der Waals surface area contributed by atoms with Gasteiger partial charge in [0, 0.05) is 10.0 Å². The molecule has 0 atom stereocenters. The van der Waals surface area contributed by atoms with Crippen LogP contribution in [0.25, 0.3) is 22.4 Å². The first-order valence-electron chi connectivity index (χ1n) is 7.46. The van der Waals surface area contributed by atoms with Crippen LogP contribution >= 0.6 is 27.3 Å². The van der Waals surface area contributed by atoms with E-state index in [-0.39, 0.29) is 5.56 Å². The highest BCUT2D eigenvalue weighted by Gasteiger charge is 2.13. The van der Waals surface area contributed by atoms with E-state index in [0.29, 0.717) is 15.3 Å². The zero-order chi connectivity index (χ0) is 17.4. The standard InChI is InChI=1S/C18H12BrN3O2S/c1-24-12-6-4-5-11(9-12)10-15-17(23)22-18(25-15)20-16(21-22)13-7-2-3-8-14(13)19/h2-10H,1H3/b15-10-. The van der Waals surface area contributed by atoms with E-state index in [1.807, 2.05) is 54.6 Å². The third-order valence-electron chi connectivity index (χ3n) is 3.69. The number of methoxy groups -OCH3 is 1. The van der Waals surface area contributed by atoms with Crippen molar-refractivity contribution in [3.63, 3.8) is 0 Å². The number of hydrogen-bond acceptors (Lipinski definition) is 5. The lowest BCUT2D eigenvalue weighted by Gasteiger charge is -1.99. The Morgan fingerprint density at radius 2 is 2.04 bits per heavy atom. The quantitative estimate of drug-likeness (QED) is 0.517. The Balaban J connectivity index is 1.82. The van der Waals surface area contributed by atoms with Crippen LogP contribution in [-0.2, 0) is 0 Å². The number of ether oxygens (including phenoxy) is 1. The number of aromatic nitrogens is 3. The number of hydrogen-bond donors (Lipinski definition) is 0. The summed E-state index contributed by atoms with van der Waals surface area (Å²) in [5.41, 5.74) is 1.58. The van der Waals surface area contributed by atoms with Crippen LogP contribution in [0.4, 0.5) is 0 Å². The molecular formula is C18H12BrN3O2S. The molecule has 0 saturated heterocycles. The zero-order valence-corrected chi connectivity index (χ0v) is 15.5. The zero-order valence-electron chi connectivity index (χ0n) is 13.1. The minimum Gasteiger partial charge on any atom is -0.497 e. The fourth-order valence-electron chi connectivity index (χ4n) is 2.47. The molecule has 4 aromatic rings. The molecular weight excluding hydrogens is 402 g/mol. The van der Waals surface area contributed by atoms with Gasteiger partial charge < -0.3 is 4.74 Å². The largest absolute Gasteiger partial charge is 0.497 e. The van der Waals surface area contributed by atoms with E-state index in [0.717, 1.165) is 21.3 Å². The smallest absolute Gasteiger partial charge is 0.291 e. The fraction of sp³-hybridized carbons (Fsp3) is 0.0556. The first-order chi connectivity index (χ1) is 12.2. The summed E-state index contributed by atoms with van der Waals surface area (Å²) in [6.07, 6.45) is 1.82. The van der Waals surface area contributed by atoms with E-state index in [9.17, 15) is 4.79 Å². The molecule has 2 aromatic carbocycles. The van der Waals surface area contributed by atoms with Crippen LogP contribution in [0.3, 0.4) is 0 Å². The summed E-state index contributed by atoms with van der Waals surface area (Å²) in [6.45, 7) is 0. The number of nitrogens with zero attached hydrogens (tertiary/aromatic N) is 3. The molecule has 0 N–H and O–H groups in total. The second kappa shape index (κ2) is 6.42. The lowest BCUT2D eigenvalue weighted by molar-refractivity contribution is 0.414. The summed E-state index contributed by atoms with van der Waals surface area (Å²) >= 11 is 4.81. The lowest BCUT2D eigenvalue weighted by Crippen LogP contribution is -2.23. The molecule has 2 aromatic heterocycles. The van der Waals surface area contributed by atoms with Crippen LogP contribution in [0.5, 0.6) is 5.75 Å². The maximum absolute atomic E-state index is 12.6. The molecule has 0 radical (unpaired) electrons. The monoisotopic (exact) mass is 413 g/mol. The van der Waals surface area contributed by atoms with Crippen molar-refractivity contribution in [3.8, 4) is 17.1 Å². The number of fused-ring (bicyclic) bond motifs is 1. The average Bonchev–Trinajstić information content (AvgIpc) is 3.15. The van der Waals surface area contributed by atoms with Gasteiger partial charge in [-0.15, -0.1) is 5.10 Å². The summed E-state index contributed by atoms with van der Waals surface area (Å²) in [6, 6.07) is 15.2. The molecule has 0 fully saturated rings. The van der Waals surface area contributed by atoms with Gasteiger partial charge in [-0.3, -0.25) is 4.79 Å². The molecule has 2 heterocycles. The van der Waals surface area contributed by atoms with Gasteiger partial charge in [-0.25, -0.2) is 0 Å². The summed E-state index contributed by atoms with van der Waals surface area (Å²) in [5, 5.41) is 4.37. The van der Waals surface area contributed by atoms with Crippen molar-refractivity contribution in [1.82, 2.24) is 14.6 Å². The highest BCUT2D eigenvalue weighted by molar-refractivity contribution is 9.10. The Morgan fingerprint density at radius 3 is 2.80 bits per heavy atom. The fourth-order valence-corrected chi connectivity index (χ4v) is 3.84. The molecule has 5 nitrogen and oxygen atoms in total. The van der Waals surface area contributed by atoms with Gasteiger partial charge in [0.2, 0.25) is 4.96 Å². The average molecular weight is 414 g/mol. The van der Waals surface area contributed by atoms with Crippen LogP contribution in [0.2, 0.25) is 0 Å². The highest BCUT2D eigenvalue weighted by atomic mass is 79.9. The van der Waals surface area contributed by atoms with Gasteiger partial charge in [0.15, 0.2) is 5.82 Å². The molecule has 0 amide bonds. The van der Waals surface area contributed by atoms with Crippen LogP contribution in [0.15, 0.2) is 57.8 Å². The number of halogens is 1. The van der Waals surface area contributed by atoms with Crippen molar-refractivity contribution in [2.75, 3.05) is 7.11 Å². The highest BCUT2D eigenvalue weighted by Crippen LogP contribution is 2.25. The summed E-state index contributed by atoms with van der Waals surface area (Å²) < 4.78 is 8.04. The molecule has 7 heteroatoms. The van der Waals surface area contributed by atoms with E-state index in [4.69, 9.17) is 4.74 Å². The van der Waals surface area contributed by atoms with E-state index < -0.39 is 0 Å². The number of benzene rings is 2. The first-order valence-corrected chi connectivity index (χ1v) is 9.07. The SMILES string of the molecule is COc1cccc(/C=c2\sc3nc(-c4ccccc4Br)nn3c2=O)c1. The summed E-state index contributed by atoms with van der Waals surface area (Å²) in [5.74, 6) is 1.28. The van der Waals surface area contributed by atoms with Crippen molar-refractivity contribution in [2.24, 2.45) is 0 Å². The van der Waals surface area contributed by atoms with Crippen molar-refractivity contribution in [1.29, 1.82) is 0 Å². The van der Waals surface area contributed by atoms with Crippen LogP contribution in [0, 0.1) is 0 Å². The predicted molar refractivity (Wildman–Crippen MR) is 102 cm³/mol. The summed E-state index contributed by atoms with van der Waals surface area (Å²) in [4.78, 5) is 17.7. The molecule has 0 bridgehead atoms. The molecule has 4 rings (SSSR count). The lowest BCUT2D eigenvalue weighted by atomic mass is 10.2. The number of thiazole rings is 1. The Hall–Kier alpha value is -2.51. The molecule has 0 spiro atoms. The molecule has 25 heavy (non-hydrogen) atoms. The topological polar surface area (TPSA) is 56.5 Å². The van der Waals surface area contributed by atoms with Gasteiger partial charge in [0.25, 0.3) is 5.56 Å². The minimum atomic E-state index is -0.173. The number of rotatable bonds is 3. The predicted octanol–water partition coefficient (Wildman–Crippen LogP) is 3.14. The third-order valence-corrected chi connectivity index (χ3v) is 5.34. The van der Waals surface area contributed by atoms with Gasteiger partial charge >= 0.3 is 0 Å². The Labute approximate surface area is 155 Å². The van der Waals surface area contributed by atoms with Gasteiger partial charge in [-0.1, -0.05) is 51.5 Å². The maximum atomic E-state index is 12.6. The van der Waals surface area contributed by atoms with Gasteiger partial charge in [0.05, 0.1) is 11.6 Å². The van der Waals surface area contributed by atoms with Gasteiger partial charge in [-0.05, 0) is 35.9 Å². The summed E-state index contributed by atoms with van der Waals surface area (Å²) in [7, 11) is 1.62. The minimum absolute atomic E-state index is 0.173. The third kappa shape index (κ3) is 2.96. The van der Waals surface area contributed by atoms with Crippen molar-refractivity contribution < 1.29 is 4.74 Å². The van der Waals surface area contributed by atoms with Crippen LogP contribution in [0.1, 0.15) is 5.56 Å². The molecule has 0 saturated carbocycles. The van der Waals surface area contributed by atoms with Crippen LogP contribution in [-0.4, -0.2) is 21.7 Å². The second-order valence-corrected chi connectivity index (χ2v) is 7.17. The first kappa shape index (κ1) is 16.0. The normalized spacial score (nSPS) is 12.0. The molecule has 0 aliphatic rings. The Morgan fingerprint density at radius 1 is 1.20 bits per heavy atom. The van der Waals surface area contributed by atoms with E-state index in [2.05, 4.69) is 26.0 Å². The van der Waals surface area contributed by atoms with E-state index >= 15 is 0 Å². The van der Waals surface area contributed by atoms with Crippen molar-refractivity contribution in [3.05, 3.63) is 73.5 Å². The second-order valence-electron chi connectivity index (χ2n) is 5.30.